The molecule has 2 atom stereocenters. The molecule has 0 radical (unpaired) electrons. The second-order valence-corrected chi connectivity index (χ2v) is 3.43. The van der Waals surface area contributed by atoms with Crippen LogP contribution in [0, 0.1) is 0 Å². The van der Waals surface area contributed by atoms with E-state index in [1.54, 1.807) is 6.07 Å². The highest BCUT2D eigenvalue weighted by molar-refractivity contribution is 7.80. The first-order chi connectivity index (χ1) is 6.66. The van der Waals surface area contributed by atoms with Gasteiger partial charge in [0.25, 0.3) is 5.56 Å². The maximum atomic E-state index is 11.2. The summed E-state index contributed by atoms with van der Waals surface area (Å²) in [6.45, 7) is 0. The molecule has 1 aromatic rings. The van der Waals surface area contributed by atoms with Gasteiger partial charge in [-0.05, 0) is 24.3 Å². The molecule has 0 aliphatic rings. The van der Waals surface area contributed by atoms with Crippen molar-refractivity contribution in [1.82, 2.24) is 4.98 Å². The van der Waals surface area contributed by atoms with Crippen molar-refractivity contribution in [3.8, 4) is 0 Å². The summed E-state index contributed by atoms with van der Waals surface area (Å²) in [6.07, 6.45) is -0.273. The predicted octanol–water partition coefficient (Wildman–Crippen LogP) is 0.0891. The number of H-pyrrole nitrogens is 1. The summed E-state index contributed by atoms with van der Waals surface area (Å²) in [5, 5.41) is 19.0. The quantitative estimate of drug-likeness (QED) is 0.538. The highest BCUT2D eigenvalue weighted by atomic mass is 32.1. The van der Waals surface area contributed by atoms with Crippen molar-refractivity contribution in [2.24, 2.45) is 0 Å². The third-order valence-corrected chi connectivity index (χ3v) is 2.21. The van der Waals surface area contributed by atoms with E-state index in [2.05, 4.69) is 17.6 Å². The van der Waals surface area contributed by atoms with Crippen LogP contribution in [0.5, 0.6) is 0 Å². The van der Waals surface area contributed by atoms with Gasteiger partial charge in [0.15, 0.2) is 0 Å². The Morgan fingerprint density at radius 1 is 1.50 bits per heavy atom. The van der Waals surface area contributed by atoms with Crippen molar-refractivity contribution in [2.75, 3.05) is 5.75 Å². The molecule has 1 heterocycles. The van der Waals surface area contributed by atoms with E-state index >= 15 is 0 Å². The smallest absolute Gasteiger partial charge is 0.253 e. The van der Waals surface area contributed by atoms with E-state index < -0.39 is 12.2 Å². The molecule has 5 heteroatoms. The average Bonchev–Trinajstić information content (AvgIpc) is 2.18. The van der Waals surface area contributed by atoms with Crippen LogP contribution in [0.15, 0.2) is 23.1 Å². The molecule has 14 heavy (non-hydrogen) atoms. The monoisotopic (exact) mass is 215 g/mol. The molecule has 0 aliphatic carbocycles. The Kier molecular flexibility index (Phi) is 4.19. The Morgan fingerprint density at radius 3 is 2.79 bits per heavy atom. The number of thiol groups is 1. The minimum atomic E-state index is -1.15. The molecule has 0 aromatic carbocycles. The van der Waals surface area contributed by atoms with Gasteiger partial charge >= 0.3 is 0 Å². The number of aromatic nitrogens is 1. The van der Waals surface area contributed by atoms with Crippen LogP contribution >= 0.6 is 12.6 Å². The van der Waals surface area contributed by atoms with Crippen LogP contribution in [-0.2, 0) is 0 Å². The topological polar surface area (TPSA) is 73.3 Å². The summed E-state index contributed by atoms with van der Waals surface area (Å²) in [5.74, 6) is 0.461. The molecule has 0 bridgehead atoms. The van der Waals surface area contributed by atoms with Crippen LogP contribution in [0.1, 0.15) is 18.1 Å². The van der Waals surface area contributed by atoms with E-state index in [1.807, 2.05) is 0 Å². The minimum absolute atomic E-state index is 0.182. The molecule has 0 saturated heterocycles. The third kappa shape index (κ3) is 2.60. The van der Waals surface area contributed by atoms with Crippen molar-refractivity contribution in [1.29, 1.82) is 0 Å². The zero-order valence-electron chi connectivity index (χ0n) is 7.55. The van der Waals surface area contributed by atoms with Gasteiger partial charge in [0.1, 0.15) is 6.10 Å². The van der Waals surface area contributed by atoms with Gasteiger partial charge in [-0.25, -0.2) is 0 Å². The van der Waals surface area contributed by atoms with Crippen molar-refractivity contribution < 1.29 is 10.2 Å². The van der Waals surface area contributed by atoms with Crippen LogP contribution in [0.4, 0.5) is 0 Å². The summed E-state index contributed by atoms with van der Waals surface area (Å²) >= 11 is 3.94. The summed E-state index contributed by atoms with van der Waals surface area (Å²) in [5.41, 5.74) is -0.194. The van der Waals surface area contributed by atoms with Gasteiger partial charge in [-0.2, -0.15) is 12.6 Å². The van der Waals surface area contributed by atoms with Gasteiger partial charge in [0.2, 0.25) is 0 Å². The fourth-order valence-corrected chi connectivity index (χ4v) is 1.43. The molecular formula is C9H13NO3S. The third-order valence-electron chi connectivity index (χ3n) is 1.96. The number of pyridine rings is 1. The summed E-state index contributed by atoms with van der Waals surface area (Å²) < 4.78 is 0. The lowest BCUT2D eigenvalue weighted by Crippen LogP contribution is -2.25. The Morgan fingerprint density at radius 2 is 2.21 bits per heavy atom. The van der Waals surface area contributed by atoms with E-state index in [4.69, 9.17) is 0 Å². The normalized spacial score (nSPS) is 15.1. The van der Waals surface area contributed by atoms with E-state index in [-0.39, 0.29) is 11.1 Å². The van der Waals surface area contributed by atoms with Crippen molar-refractivity contribution in [2.45, 2.75) is 18.6 Å². The van der Waals surface area contributed by atoms with Crippen molar-refractivity contribution in [3.05, 3.63) is 34.2 Å². The van der Waals surface area contributed by atoms with E-state index in [9.17, 15) is 15.0 Å². The molecule has 4 nitrogen and oxygen atoms in total. The van der Waals surface area contributed by atoms with E-state index in [0.717, 1.165) is 0 Å². The summed E-state index contributed by atoms with van der Waals surface area (Å²) in [6, 6.07) is 3.10. The molecule has 0 fully saturated rings. The number of rotatable bonds is 4. The van der Waals surface area contributed by atoms with E-state index in [0.29, 0.717) is 12.2 Å². The zero-order chi connectivity index (χ0) is 10.6. The van der Waals surface area contributed by atoms with Crippen LogP contribution in [0.25, 0.3) is 0 Å². The molecule has 0 aliphatic heterocycles. The Bertz CT molecular complexity index is 339. The Balaban J connectivity index is 2.84. The SMILES string of the molecule is O=c1[nH]cccc1C(O)C(O)CCS. The average molecular weight is 215 g/mol. The predicted molar refractivity (Wildman–Crippen MR) is 56.5 cm³/mol. The molecule has 1 aromatic heterocycles. The maximum absolute atomic E-state index is 11.2. The lowest BCUT2D eigenvalue weighted by molar-refractivity contribution is 0.0164. The number of aliphatic hydroxyl groups is 2. The lowest BCUT2D eigenvalue weighted by Gasteiger charge is -2.15. The highest BCUT2D eigenvalue weighted by Gasteiger charge is 2.19. The molecule has 2 unspecified atom stereocenters. The number of hydrogen-bond donors (Lipinski definition) is 4. The molecule has 0 amide bonds. The Hall–Kier alpha value is -0.780. The van der Waals surface area contributed by atoms with Gasteiger partial charge in [-0.3, -0.25) is 4.79 Å². The number of aliphatic hydroxyl groups excluding tert-OH is 2. The molecule has 3 N–H and O–H groups in total. The van der Waals surface area contributed by atoms with E-state index in [1.165, 1.54) is 12.3 Å². The number of hydrogen-bond acceptors (Lipinski definition) is 4. The van der Waals surface area contributed by atoms with Crippen LogP contribution in [0.3, 0.4) is 0 Å². The minimum Gasteiger partial charge on any atom is -0.390 e. The molecule has 0 saturated carbocycles. The second kappa shape index (κ2) is 5.19. The van der Waals surface area contributed by atoms with Crippen molar-refractivity contribution >= 4 is 12.6 Å². The molecule has 1 rings (SSSR count). The van der Waals surface area contributed by atoms with Gasteiger partial charge in [-0.1, -0.05) is 0 Å². The van der Waals surface area contributed by atoms with Crippen LogP contribution in [0.2, 0.25) is 0 Å². The van der Waals surface area contributed by atoms with Crippen molar-refractivity contribution in [3.63, 3.8) is 0 Å². The summed E-state index contributed by atoms with van der Waals surface area (Å²) in [4.78, 5) is 13.7. The van der Waals surface area contributed by atoms with Gasteiger partial charge in [-0.15, -0.1) is 0 Å². The fraction of sp³-hybridized carbons (Fsp3) is 0.444. The molecular weight excluding hydrogens is 202 g/mol. The number of nitrogens with one attached hydrogen (secondary N) is 1. The van der Waals surface area contributed by atoms with Gasteiger partial charge in [0, 0.05) is 11.8 Å². The first-order valence-corrected chi connectivity index (χ1v) is 4.94. The second-order valence-electron chi connectivity index (χ2n) is 2.98. The lowest BCUT2D eigenvalue weighted by atomic mass is 10.0. The first kappa shape index (κ1) is 11.3. The molecule has 78 valence electrons. The zero-order valence-corrected chi connectivity index (χ0v) is 8.45. The van der Waals surface area contributed by atoms with Gasteiger partial charge in [0.05, 0.1) is 6.10 Å². The molecule has 0 spiro atoms. The maximum Gasteiger partial charge on any atom is 0.253 e. The number of aromatic amines is 1. The van der Waals surface area contributed by atoms with Gasteiger partial charge < -0.3 is 15.2 Å². The van der Waals surface area contributed by atoms with Crippen LogP contribution < -0.4 is 5.56 Å². The largest absolute Gasteiger partial charge is 0.390 e. The summed E-state index contributed by atoms with van der Waals surface area (Å²) in [7, 11) is 0. The standard InChI is InChI=1S/C9H13NO3S/c11-7(3-5-14)8(12)6-2-1-4-10-9(6)13/h1-2,4,7-8,11-12,14H,3,5H2,(H,10,13). The van der Waals surface area contributed by atoms with Crippen LogP contribution in [-0.4, -0.2) is 27.1 Å². The first-order valence-electron chi connectivity index (χ1n) is 4.31. The fourth-order valence-electron chi connectivity index (χ4n) is 1.16. The Labute approximate surface area is 87.0 Å². The highest BCUT2D eigenvalue weighted by Crippen LogP contribution is 2.15.